The second-order valence-corrected chi connectivity index (χ2v) is 4.63. The second kappa shape index (κ2) is 4.95. The first kappa shape index (κ1) is 11.0. The lowest BCUT2D eigenvalue weighted by Crippen LogP contribution is -2.04. The van der Waals surface area contributed by atoms with Gasteiger partial charge in [-0.1, -0.05) is 15.9 Å². The summed E-state index contributed by atoms with van der Waals surface area (Å²) in [5.74, 6) is 0.0887. The Kier molecular flexibility index (Phi) is 4.18. The van der Waals surface area contributed by atoms with Gasteiger partial charge in [-0.05, 0) is 40.8 Å². The highest BCUT2D eigenvalue weighted by molar-refractivity contribution is 14.1. The molecule has 13 heavy (non-hydrogen) atoms. The molecule has 2 N–H and O–H groups in total. The number of Topliss-reactive ketones (excluding diaryl/α,β-unsaturated/α-hetero) is 1. The Morgan fingerprint density at radius 1 is 1.54 bits per heavy atom. The van der Waals surface area contributed by atoms with Crippen LogP contribution in [0.5, 0.6) is 0 Å². The molecule has 0 radical (unpaired) electrons. The Morgan fingerprint density at radius 3 is 2.77 bits per heavy atom. The Hall–Kier alpha value is -0.100. The lowest BCUT2D eigenvalue weighted by atomic mass is 10.1. The molecule has 0 amide bonds. The van der Waals surface area contributed by atoms with Gasteiger partial charge in [-0.2, -0.15) is 0 Å². The number of alkyl halides is 1. The highest BCUT2D eigenvalue weighted by Gasteiger charge is 2.08. The van der Waals surface area contributed by atoms with Crippen LogP contribution in [-0.2, 0) is 0 Å². The van der Waals surface area contributed by atoms with E-state index in [0.717, 1.165) is 3.57 Å². The lowest BCUT2D eigenvalue weighted by molar-refractivity contribution is 0.0990. The van der Waals surface area contributed by atoms with Crippen LogP contribution in [0.4, 0.5) is 5.69 Å². The van der Waals surface area contributed by atoms with Crippen molar-refractivity contribution < 1.29 is 4.79 Å². The molecule has 0 bridgehead atoms. The number of hydrogen-bond acceptors (Lipinski definition) is 2. The summed E-state index contributed by atoms with van der Waals surface area (Å²) in [7, 11) is 0. The van der Waals surface area contributed by atoms with Crippen molar-refractivity contribution >= 4 is 50.0 Å². The molecule has 0 heterocycles. The Balaban J connectivity index is 2.95. The lowest BCUT2D eigenvalue weighted by Gasteiger charge is -2.03. The zero-order chi connectivity index (χ0) is 9.84. The molecule has 0 atom stereocenters. The fourth-order valence-corrected chi connectivity index (χ4v) is 1.88. The zero-order valence-electron chi connectivity index (χ0n) is 6.89. The van der Waals surface area contributed by atoms with Gasteiger partial charge >= 0.3 is 0 Å². The molecule has 70 valence electrons. The maximum absolute atomic E-state index is 11.5. The van der Waals surface area contributed by atoms with Gasteiger partial charge in [0.2, 0.25) is 0 Å². The van der Waals surface area contributed by atoms with E-state index in [1.54, 1.807) is 6.07 Å². The molecule has 0 aromatic heterocycles. The van der Waals surface area contributed by atoms with Crippen LogP contribution in [0.1, 0.15) is 16.8 Å². The van der Waals surface area contributed by atoms with E-state index in [2.05, 4.69) is 38.5 Å². The molecule has 0 saturated heterocycles. The first-order valence-electron chi connectivity index (χ1n) is 3.79. The van der Waals surface area contributed by atoms with Gasteiger partial charge < -0.3 is 5.73 Å². The van der Waals surface area contributed by atoms with Crippen molar-refractivity contribution in [3.8, 4) is 0 Å². The Bertz CT molecular complexity index is 327. The topological polar surface area (TPSA) is 43.1 Å². The average molecular weight is 354 g/mol. The van der Waals surface area contributed by atoms with Gasteiger partial charge in [-0.15, -0.1) is 0 Å². The fraction of sp³-hybridized carbons (Fsp3) is 0.222. The maximum atomic E-state index is 11.5. The van der Waals surface area contributed by atoms with E-state index in [-0.39, 0.29) is 5.78 Å². The molecule has 0 fully saturated rings. The molecule has 0 saturated carbocycles. The average Bonchev–Trinajstić information content (AvgIpc) is 2.04. The summed E-state index contributed by atoms with van der Waals surface area (Å²) in [5.41, 5.74) is 6.90. The quantitative estimate of drug-likeness (QED) is 0.393. The van der Waals surface area contributed by atoms with Crippen LogP contribution in [0.15, 0.2) is 18.2 Å². The summed E-state index contributed by atoms with van der Waals surface area (Å²) in [5, 5.41) is 0.678. The van der Waals surface area contributed by atoms with E-state index in [9.17, 15) is 4.79 Å². The monoisotopic (exact) mass is 353 g/mol. The smallest absolute Gasteiger partial charge is 0.165 e. The number of carbonyl (C=O) groups is 1. The van der Waals surface area contributed by atoms with E-state index < -0.39 is 0 Å². The van der Waals surface area contributed by atoms with Crippen LogP contribution in [0.25, 0.3) is 0 Å². The number of carbonyl (C=O) groups excluding carboxylic acids is 1. The molecular weight excluding hydrogens is 345 g/mol. The molecular formula is C9H9BrINO. The van der Waals surface area contributed by atoms with E-state index in [4.69, 9.17) is 5.73 Å². The summed E-state index contributed by atoms with van der Waals surface area (Å²) in [4.78, 5) is 11.5. The SMILES string of the molecule is Nc1cc(I)ccc1C(=O)CCBr. The van der Waals surface area contributed by atoms with E-state index >= 15 is 0 Å². The fourth-order valence-electron chi connectivity index (χ4n) is 1.01. The van der Waals surface area contributed by atoms with Crippen molar-refractivity contribution in [1.29, 1.82) is 0 Å². The number of rotatable bonds is 3. The number of anilines is 1. The molecule has 2 nitrogen and oxygen atoms in total. The molecule has 1 rings (SSSR count). The second-order valence-electron chi connectivity index (χ2n) is 2.59. The summed E-state index contributed by atoms with van der Waals surface area (Å²) in [6, 6.07) is 5.47. The van der Waals surface area contributed by atoms with Gasteiger partial charge in [0.25, 0.3) is 0 Å². The number of hydrogen-bond donors (Lipinski definition) is 1. The maximum Gasteiger partial charge on any atom is 0.165 e. The standard InChI is InChI=1S/C9H9BrINO/c10-4-3-9(13)7-2-1-6(11)5-8(7)12/h1-2,5H,3-4,12H2. The predicted octanol–water partition coefficient (Wildman–Crippen LogP) is 2.84. The number of nitrogen functional groups attached to an aromatic ring is 1. The predicted molar refractivity (Wildman–Crippen MR) is 66.3 cm³/mol. The van der Waals surface area contributed by atoms with Crippen LogP contribution in [0, 0.1) is 3.57 Å². The van der Waals surface area contributed by atoms with Crippen LogP contribution in [0.2, 0.25) is 0 Å². The molecule has 0 aliphatic carbocycles. The van der Waals surface area contributed by atoms with E-state index in [0.29, 0.717) is 23.0 Å². The third kappa shape index (κ3) is 2.95. The number of benzene rings is 1. The van der Waals surface area contributed by atoms with Crippen molar-refractivity contribution in [3.05, 3.63) is 27.3 Å². The molecule has 0 aliphatic rings. The number of nitrogens with two attached hydrogens (primary N) is 1. The minimum atomic E-state index is 0.0887. The van der Waals surface area contributed by atoms with E-state index in [1.807, 2.05) is 12.1 Å². The molecule has 4 heteroatoms. The molecule has 1 aromatic carbocycles. The Morgan fingerprint density at radius 2 is 2.23 bits per heavy atom. The minimum Gasteiger partial charge on any atom is -0.398 e. The largest absolute Gasteiger partial charge is 0.398 e. The van der Waals surface area contributed by atoms with Crippen molar-refractivity contribution in [2.45, 2.75) is 6.42 Å². The molecule has 0 aliphatic heterocycles. The van der Waals surface area contributed by atoms with Gasteiger partial charge in [0.1, 0.15) is 0 Å². The summed E-state index contributed by atoms with van der Waals surface area (Å²) < 4.78 is 1.05. The zero-order valence-corrected chi connectivity index (χ0v) is 10.6. The number of halogens is 2. The van der Waals surface area contributed by atoms with Crippen molar-refractivity contribution in [1.82, 2.24) is 0 Å². The van der Waals surface area contributed by atoms with Crippen LogP contribution >= 0.6 is 38.5 Å². The number of ketones is 1. The van der Waals surface area contributed by atoms with Crippen molar-refractivity contribution in [2.75, 3.05) is 11.1 Å². The Labute approximate surface area is 99.2 Å². The normalized spacial score (nSPS) is 10.0. The highest BCUT2D eigenvalue weighted by atomic mass is 127. The van der Waals surface area contributed by atoms with E-state index in [1.165, 1.54) is 0 Å². The summed E-state index contributed by atoms with van der Waals surface area (Å²) in [6.45, 7) is 0. The first-order chi connectivity index (χ1) is 6.15. The third-order valence-electron chi connectivity index (χ3n) is 1.64. The van der Waals surface area contributed by atoms with Crippen molar-refractivity contribution in [3.63, 3.8) is 0 Å². The van der Waals surface area contributed by atoms with Crippen LogP contribution < -0.4 is 5.73 Å². The van der Waals surface area contributed by atoms with Crippen LogP contribution in [-0.4, -0.2) is 11.1 Å². The highest BCUT2D eigenvalue weighted by Crippen LogP contribution is 2.17. The van der Waals surface area contributed by atoms with Gasteiger partial charge in [0.15, 0.2) is 5.78 Å². The van der Waals surface area contributed by atoms with Gasteiger partial charge in [-0.3, -0.25) is 4.79 Å². The van der Waals surface area contributed by atoms with Crippen molar-refractivity contribution in [2.24, 2.45) is 0 Å². The van der Waals surface area contributed by atoms with Gasteiger partial charge in [-0.25, -0.2) is 0 Å². The first-order valence-corrected chi connectivity index (χ1v) is 5.99. The summed E-state index contributed by atoms with van der Waals surface area (Å²) >= 11 is 5.39. The summed E-state index contributed by atoms with van der Waals surface area (Å²) in [6.07, 6.45) is 0.491. The molecule has 0 spiro atoms. The van der Waals surface area contributed by atoms with Crippen LogP contribution in [0.3, 0.4) is 0 Å². The molecule has 0 unspecified atom stereocenters. The van der Waals surface area contributed by atoms with Gasteiger partial charge in [0.05, 0.1) is 0 Å². The van der Waals surface area contributed by atoms with Gasteiger partial charge in [0, 0.05) is 26.6 Å². The molecule has 1 aromatic rings. The minimum absolute atomic E-state index is 0.0887. The third-order valence-corrected chi connectivity index (χ3v) is 2.70.